The molecule has 0 spiro atoms. The van der Waals surface area contributed by atoms with Crippen molar-refractivity contribution in [2.24, 2.45) is 0 Å². The number of rotatable bonds is 9. The molecule has 2 heteroatoms. The van der Waals surface area contributed by atoms with Gasteiger partial charge < -0.3 is 5.32 Å². The molecule has 1 unspecified atom stereocenters. The van der Waals surface area contributed by atoms with E-state index >= 15 is 0 Å². The molecule has 1 rings (SSSR count). The van der Waals surface area contributed by atoms with Crippen LogP contribution in [0.15, 0.2) is 18.2 Å². The molecule has 108 valence electrons. The first-order valence-corrected chi connectivity index (χ1v) is 8.06. The fourth-order valence-corrected chi connectivity index (χ4v) is 2.74. The molecule has 0 bridgehead atoms. The van der Waals surface area contributed by atoms with Gasteiger partial charge in [0.15, 0.2) is 0 Å². The molecule has 1 aromatic rings. The monoisotopic (exact) mass is 281 g/mol. The topological polar surface area (TPSA) is 12.0 Å². The average Bonchev–Trinajstić information content (AvgIpc) is 2.39. The first-order chi connectivity index (χ1) is 9.19. The second-order valence-electron chi connectivity index (χ2n) is 5.38. The lowest BCUT2D eigenvalue weighted by Crippen LogP contribution is -2.22. The highest BCUT2D eigenvalue weighted by Gasteiger charge is 2.13. The third-order valence-corrected chi connectivity index (χ3v) is 3.85. The zero-order valence-corrected chi connectivity index (χ0v) is 13.4. The summed E-state index contributed by atoms with van der Waals surface area (Å²) in [6.45, 7) is 7.61. The Bertz CT molecular complexity index is 362. The Kier molecular flexibility index (Phi) is 8.16. The Morgan fingerprint density at radius 3 is 2.53 bits per heavy atom. The Balaban J connectivity index is 2.66. The maximum absolute atomic E-state index is 6.40. The van der Waals surface area contributed by atoms with Gasteiger partial charge in [-0.2, -0.15) is 0 Å². The number of aryl methyl sites for hydroxylation is 1. The van der Waals surface area contributed by atoms with Crippen LogP contribution in [-0.4, -0.2) is 6.54 Å². The number of benzene rings is 1. The van der Waals surface area contributed by atoms with E-state index in [0.29, 0.717) is 6.04 Å². The van der Waals surface area contributed by atoms with Crippen molar-refractivity contribution < 1.29 is 0 Å². The summed E-state index contributed by atoms with van der Waals surface area (Å²) in [6, 6.07) is 6.83. The van der Waals surface area contributed by atoms with Crippen molar-refractivity contribution in [1.82, 2.24) is 5.32 Å². The number of hydrogen-bond donors (Lipinski definition) is 1. The van der Waals surface area contributed by atoms with Crippen LogP contribution >= 0.6 is 11.6 Å². The molecule has 0 aliphatic carbocycles. The third-order valence-electron chi connectivity index (χ3n) is 3.52. The predicted octanol–water partition coefficient (Wildman–Crippen LogP) is 5.66. The largest absolute Gasteiger partial charge is 0.310 e. The Hall–Kier alpha value is -0.530. The van der Waals surface area contributed by atoms with Gasteiger partial charge in [-0.3, -0.25) is 0 Å². The van der Waals surface area contributed by atoms with Gasteiger partial charge in [0.1, 0.15) is 0 Å². The quantitative estimate of drug-likeness (QED) is 0.576. The number of unbranched alkanes of at least 4 members (excludes halogenated alkanes) is 3. The summed E-state index contributed by atoms with van der Waals surface area (Å²) < 4.78 is 0. The van der Waals surface area contributed by atoms with Crippen LogP contribution in [0.3, 0.4) is 0 Å². The summed E-state index contributed by atoms with van der Waals surface area (Å²) >= 11 is 6.40. The first-order valence-electron chi connectivity index (χ1n) is 7.68. The maximum atomic E-state index is 6.40. The normalized spacial score (nSPS) is 12.6. The van der Waals surface area contributed by atoms with E-state index in [1.807, 2.05) is 0 Å². The molecule has 0 amide bonds. The lowest BCUT2D eigenvalue weighted by atomic mass is 9.98. The summed E-state index contributed by atoms with van der Waals surface area (Å²) in [4.78, 5) is 0. The van der Waals surface area contributed by atoms with Crippen molar-refractivity contribution in [3.8, 4) is 0 Å². The van der Waals surface area contributed by atoms with Crippen LogP contribution in [0.25, 0.3) is 0 Å². The van der Waals surface area contributed by atoms with Gasteiger partial charge in [0, 0.05) is 11.1 Å². The average molecular weight is 282 g/mol. The van der Waals surface area contributed by atoms with E-state index in [-0.39, 0.29) is 0 Å². The summed E-state index contributed by atoms with van der Waals surface area (Å²) in [5, 5.41) is 4.55. The predicted molar refractivity (Wildman–Crippen MR) is 86.0 cm³/mol. The molecular formula is C17H28ClN. The minimum atomic E-state index is 0.407. The summed E-state index contributed by atoms with van der Waals surface area (Å²) in [7, 11) is 0. The van der Waals surface area contributed by atoms with Gasteiger partial charge in [0.25, 0.3) is 0 Å². The smallest absolute Gasteiger partial charge is 0.0456 e. The highest BCUT2D eigenvalue weighted by molar-refractivity contribution is 6.31. The fraction of sp³-hybridized carbons (Fsp3) is 0.647. The third kappa shape index (κ3) is 5.97. The molecule has 1 aromatic carbocycles. The van der Waals surface area contributed by atoms with E-state index in [4.69, 9.17) is 11.6 Å². The maximum Gasteiger partial charge on any atom is 0.0456 e. The van der Waals surface area contributed by atoms with Gasteiger partial charge in [-0.1, -0.05) is 63.3 Å². The van der Waals surface area contributed by atoms with Gasteiger partial charge in [0.05, 0.1) is 0 Å². The molecule has 1 atom stereocenters. The van der Waals surface area contributed by atoms with E-state index in [1.54, 1.807) is 0 Å². The van der Waals surface area contributed by atoms with E-state index < -0.39 is 0 Å². The summed E-state index contributed by atoms with van der Waals surface area (Å²) in [5.41, 5.74) is 2.49. The molecular weight excluding hydrogens is 254 g/mol. The zero-order valence-electron chi connectivity index (χ0n) is 12.6. The van der Waals surface area contributed by atoms with E-state index in [2.05, 4.69) is 44.3 Å². The van der Waals surface area contributed by atoms with Gasteiger partial charge in [0.2, 0.25) is 0 Å². The van der Waals surface area contributed by atoms with Crippen molar-refractivity contribution >= 4 is 11.6 Å². The van der Waals surface area contributed by atoms with Crippen molar-refractivity contribution in [2.45, 2.75) is 65.3 Å². The molecule has 0 aliphatic rings. The van der Waals surface area contributed by atoms with Crippen LogP contribution in [-0.2, 0) is 0 Å². The minimum absolute atomic E-state index is 0.407. The Labute approximate surface area is 123 Å². The highest BCUT2D eigenvalue weighted by atomic mass is 35.5. The minimum Gasteiger partial charge on any atom is -0.310 e. The molecule has 1 N–H and O–H groups in total. The number of nitrogens with one attached hydrogen (secondary N) is 1. The molecule has 0 heterocycles. The summed E-state index contributed by atoms with van der Waals surface area (Å²) in [5.74, 6) is 0. The molecule has 19 heavy (non-hydrogen) atoms. The van der Waals surface area contributed by atoms with E-state index in [9.17, 15) is 0 Å². The van der Waals surface area contributed by atoms with Crippen molar-refractivity contribution in [2.75, 3.05) is 6.54 Å². The molecule has 0 saturated carbocycles. The van der Waals surface area contributed by atoms with Crippen molar-refractivity contribution in [3.63, 3.8) is 0 Å². The fourth-order valence-electron chi connectivity index (χ4n) is 2.38. The van der Waals surface area contributed by atoms with Crippen LogP contribution in [0, 0.1) is 6.92 Å². The second-order valence-corrected chi connectivity index (χ2v) is 5.79. The first kappa shape index (κ1) is 16.5. The Morgan fingerprint density at radius 1 is 1.11 bits per heavy atom. The van der Waals surface area contributed by atoms with Gasteiger partial charge in [-0.05, 0) is 43.5 Å². The highest BCUT2D eigenvalue weighted by Crippen LogP contribution is 2.28. The van der Waals surface area contributed by atoms with Crippen LogP contribution in [0.5, 0.6) is 0 Å². The van der Waals surface area contributed by atoms with Gasteiger partial charge >= 0.3 is 0 Å². The van der Waals surface area contributed by atoms with Crippen LogP contribution in [0.2, 0.25) is 5.02 Å². The second kappa shape index (κ2) is 9.39. The Morgan fingerprint density at radius 2 is 1.89 bits per heavy atom. The number of hydrogen-bond acceptors (Lipinski definition) is 1. The van der Waals surface area contributed by atoms with Gasteiger partial charge in [-0.15, -0.1) is 0 Å². The molecule has 0 radical (unpaired) electrons. The van der Waals surface area contributed by atoms with E-state index in [1.165, 1.54) is 43.2 Å². The molecule has 0 fully saturated rings. The van der Waals surface area contributed by atoms with Gasteiger partial charge in [-0.25, -0.2) is 0 Å². The molecule has 0 aliphatic heterocycles. The zero-order chi connectivity index (χ0) is 14.1. The molecule has 1 nitrogen and oxygen atoms in total. The van der Waals surface area contributed by atoms with Crippen molar-refractivity contribution in [3.05, 3.63) is 34.3 Å². The SMILES string of the molecule is CCCCCCC(NCCC)c1ccc(C)cc1Cl. The van der Waals surface area contributed by atoms with E-state index in [0.717, 1.165) is 18.0 Å². The van der Waals surface area contributed by atoms with Crippen LogP contribution in [0.1, 0.15) is 69.5 Å². The molecule has 0 aromatic heterocycles. The standard InChI is InChI=1S/C17H28ClN/c1-4-6-7-8-9-17(19-12-5-2)15-11-10-14(3)13-16(15)18/h10-11,13,17,19H,4-9,12H2,1-3H3. The molecule has 0 saturated heterocycles. The summed E-state index contributed by atoms with van der Waals surface area (Å²) in [6.07, 6.45) is 7.57. The number of halogens is 1. The lowest BCUT2D eigenvalue weighted by Gasteiger charge is -2.20. The van der Waals surface area contributed by atoms with Crippen molar-refractivity contribution in [1.29, 1.82) is 0 Å². The lowest BCUT2D eigenvalue weighted by molar-refractivity contribution is 0.470. The van der Waals surface area contributed by atoms with Crippen LogP contribution in [0.4, 0.5) is 0 Å². The van der Waals surface area contributed by atoms with Crippen LogP contribution < -0.4 is 5.32 Å².